The van der Waals surface area contributed by atoms with E-state index in [1.165, 1.54) is 0 Å². The Morgan fingerprint density at radius 2 is 2.16 bits per heavy atom. The first kappa shape index (κ1) is 17.6. The fourth-order valence-corrected chi connectivity index (χ4v) is 3.12. The molecule has 0 aliphatic carbocycles. The number of phenolic OH excluding ortho intramolecular Hbond substituents is 1. The van der Waals surface area contributed by atoms with Crippen LogP contribution in [0.3, 0.4) is 0 Å². The molecule has 132 valence electrons. The normalized spacial score (nSPS) is 15.1. The maximum atomic E-state index is 12.5. The summed E-state index contributed by atoms with van der Waals surface area (Å²) in [7, 11) is 0. The number of rotatable bonds is 3. The van der Waals surface area contributed by atoms with Crippen LogP contribution in [0.1, 0.15) is 12.5 Å². The lowest BCUT2D eigenvalue weighted by atomic mass is 10.0. The van der Waals surface area contributed by atoms with Crippen LogP contribution in [0.25, 0.3) is 11.1 Å². The van der Waals surface area contributed by atoms with Gasteiger partial charge in [0, 0.05) is 29.6 Å². The molecule has 25 heavy (non-hydrogen) atoms. The van der Waals surface area contributed by atoms with E-state index >= 15 is 0 Å². The molecular formula is C19H21ClN2O3. The van der Waals surface area contributed by atoms with E-state index in [1.807, 2.05) is 31.2 Å². The van der Waals surface area contributed by atoms with E-state index in [2.05, 4.69) is 0 Å². The second-order valence-corrected chi connectivity index (χ2v) is 6.68. The first-order chi connectivity index (χ1) is 12.0. The molecule has 2 aromatic rings. The summed E-state index contributed by atoms with van der Waals surface area (Å²) in [6.45, 7) is 3.29. The zero-order valence-corrected chi connectivity index (χ0v) is 14.8. The summed E-state index contributed by atoms with van der Waals surface area (Å²) in [6, 6.07) is 11.0. The average Bonchev–Trinajstić information content (AvgIpc) is 2.83. The minimum Gasteiger partial charge on any atom is -0.504 e. The molecule has 1 aliphatic heterocycles. The minimum absolute atomic E-state index is 0.00778. The number of hydrogen-bond donors (Lipinski definition) is 2. The van der Waals surface area contributed by atoms with Gasteiger partial charge >= 0.3 is 0 Å². The molecule has 0 aromatic heterocycles. The Balaban J connectivity index is 1.98. The van der Waals surface area contributed by atoms with E-state index in [4.69, 9.17) is 22.1 Å². The van der Waals surface area contributed by atoms with Crippen molar-refractivity contribution in [1.29, 1.82) is 0 Å². The van der Waals surface area contributed by atoms with Gasteiger partial charge in [-0.05, 0) is 35.4 Å². The summed E-state index contributed by atoms with van der Waals surface area (Å²) in [5, 5.41) is 11.0. The predicted molar refractivity (Wildman–Crippen MR) is 97.7 cm³/mol. The van der Waals surface area contributed by atoms with Crippen LogP contribution in [0.2, 0.25) is 5.02 Å². The zero-order chi connectivity index (χ0) is 18.0. The van der Waals surface area contributed by atoms with Crippen LogP contribution in [0.15, 0.2) is 36.4 Å². The van der Waals surface area contributed by atoms with E-state index < -0.39 is 0 Å². The Labute approximate surface area is 152 Å². The summed E-state index contributed by atoms with van der Waals surface area (Å²) in [4.78, 5) is 14.2. The maximum absolute atomic E-state index is 12.5. The highest BCUT2D eigenvalue weighted by Gasteiger charge is 2.25. The van der Waals surface area contributed by atoms with Crippen molar-refractivity contribution in [2.75, 3.05) is 19.7 Å². The summed E-state index contributed by atoms with van der Waals surface area (Å²) in [6.07, 6.45) is 0. The second-order valence-electron chi connectivity index (χ2n) is 6.24. The number of amides is 1. The number of nitrogens with two attached hydrogens (primary N) is 1. The number of halogens is 1. The molecule has 5 nitrogen and oxygen atoms in total. The van der Waals surface area contributed by atoms with Gasteiger partial charge in [-0.25, -0.2) is 0 Å². The lowest BCUT2D eigenvalue weighted by molar-refractivity contribution is -0.135. The predicted octanol–water partition coefficient (Wildman–Crippen LogP) is 3.03. The topological polar surface area (TPSA) is 75.8 Å². The van der Waals surface area contributed by atoms with Gasteiger partial charge < -0.3 is 20.5 Å². The molecule has 0 bridgehead atoms. The quantitative estimate of drug-likeness (QED) is 0.882. The number of benzene rings is 2. The first-order valence-corrected chi connectivity index (χ1v) is 8.61. The van der Waals surface area contributed by atoms with Crippen molar-refractivity contribution in [3.05, 3.63) is 47.0 Å². The Morgan fingerprint density at radius 3 is 2.88 bits per heavy atom. The smallest absolute Gasteiger partial charge is 0.227 e. The van der Waals surface area contributed by atoms with Crippen LogP contribution < -0.4 is 10.5 Å². The van der Waals surface area contributed by atoms with E-state index in [0.717, 1.165) is 16.7 Å². The summed E-state index contributed by atoms with van der Waals surface area (Å²) in [5.41, 5.74) is 8.10. The first-order valence-electron chi connectivity index (χ1n) is 8.23. The standard InChI is InChI=1S/C19H21ClN2O3/c1-12(10-21)19(24)22-5-6-25-18-15(11-22)7-14(9-17(18)23)13-3-2-4-16(20)8-13/h2-4,7-9,12,23H,5-6,10-11,21H2,1H3. The molecule has 1 amide bonds. The number of ether oxygens (including phenoxy) is 1. The van der Waals surface area contributed by atoms with Crippen molar-refractivity contribution < 1.29 is 14.6 Å². The molecular weight excluding hydrogens is 340 g/mol. The van der Waals surface area contributed by atoms with Gasteiger partial charge in [0.2, 0.25) is 5.91 Å². The van der Waals surface area contributed by atoms with Crippen molar-refractivity contribution in [2.45, 2.75) is 13.5 Å². The highest BCUT2D eigenvalue weighted by atomic mass is 35.5. The van der Waals surface area contributed by atoms with Crippen LogP contribution in [-0.2, 0) is 11.3 Å². The van der Waals surface area contributed by atoms with Crippen molar-refractivity contribution >= 4 is 17.5 Å². The van der Waals surface area contributed by atoms with Crippen molar-refractivity contribution in [3.63, 3.8) is 0 Å². The van der Waals surface area contributed by atoms with Gasteiger partial charge in [0.15, 0.2) is 11.5 Å². The molecule has 0 saturated heterocycles. The molecule has 6 heteroatoms. The van der Waals surface area contributed by atoms with Crippen molar-refractivity contribution in [2.24, 2.45) is 11.7 Å². The van der Waals surface area contributed by atoms with Gasteiger partial charge in [-0.2, -0.15) is 0 Å². The minimum atomic E-state index is -0.244. The van der Waals surface area contributed by atoms with Gasteiger partial charge in [0.25, 0.3) is 0 Å². The summed E-state index contributed by atoms with van der Waals surface area (Å²) >= 11 is 6.07. The summed E-state index contributed by atoms with van der Waals surface area (Å²) in [5.74, 6) is 0.244. The van der Waals surface area contributed by atoms with Crippen molar-refractivity contribution in [1.82, 2.24) is 4.90 Å². The summed E-state index contributed by atoms with van der Waals surface area (Å²) < 4.78 is 5.69. The Morgan fingerprint density at radius 1 is 1.36 bits per heavy atom. The fraction of sp³-hybridized carbons (Fsp3) is 0.316. The molecule has 0 saturated carbocycles. The molecule has 1 unspecified atom stereocenters. The molecule has 0 spiro atoms. The molecule has 1 atom stereocenters. The number of carbonyl (C=O) groups is 1. The fourth-order valence-electron chi connectivity index (χ4n) is 2.93. The van der Waals surface area contributed by atoms with Gasteiger partial charge in [-0.1, -0.05) is 30.7 Å². The van der Waals surface area contributed by atoms with Crippen LogP contribution in [0.5, 0.6) is 11.5 Å². The molecule has 1 heterocycles. The monoisotopic (exact) mass is 360 g/mol. The number of fused-ring (bicyclic) bond motifs is 1. The Hall–Kier alpha value is -2.24. The Kier molecular flexibility index (Phi) is 5.16. The number of nitrogens with zero attached hydrogens (tertiary/aromatic N) is 1. The van der Waals surface area contributed by atoms with E-state index in [0.29, 0.717) is 37.0 Å². The number of phenols is 1. The average molecular weight is 361 g/mol. The Bertz CT molecular complexity index is 794. The maximum Gasteiger partial charge on any atom is 0.227 e. The molecule has 0 radical (unpaired) electrons. The van der Waals surface area contributed by atoms with E-state index in [9.17, 15) is 9.90 Å². The van der Waals surface area contributed by atoms with Gasteiger partial charge in [-0.15, -0.1) is 0 Å². The van der Waals surface area contributed by atoms with E-state index in [-0.39, 0.29) is 17.6 Å². The van der Waals surface area contributed by atoms with Crippen LogP contribution >= 0.6 is 11.6 Å². The second kappa shape index (κ2) is 7.33. The number of carbonyl (C=O) groups excluding carboxylic acids is 1. The van der Waals surface area contributed by atoms with Crippen LogP contribution in [0, 0.1) is 5.92 Å². The van der Waals surface area contributed by atoms with Crippen molar-refractivity contribution in [3.8, 4) is 22.6 Å². The lowest BCUT2D eigenvalue weighted by Gasteiger charge is -2.23. The lowest BCUT2D eigenvalue weighted by Crippen LogP contribution is -2.38. The molecule has 3 rings (SSSR count). The number of aromatic hydroxyl groups is 1. The highest BCUT2D eigenvalue weighted by Crippen LogP contribution is 2.38. The third-order valence-corrected chi connectivity index (χ3v) is 4.59. The van der Waals surface area contributed by atoms with E-state index in [1.54, 1.807) is 17.0 Å². The van der Waals surface area contributed by atoms with Crippen LogP contribution in [-0.4, -0.2) is 35.6 Å². The molecule has 1 aliphatic rings. The van der Waals surface area contributed by atoms with Gasteiger partial charge in [0.1, 0.15) is 6.61 Å². The van der Waals surface area contributed by atoms with Crippen LogP contribution in [0.4, 0.5) is 0 Å². The largest absolute Gasteiger partial charge is 0.504 e. The molecule has 0 fully saturated rings. The number of hydrogen-bond acceptors (Lipinski definition) is 4. The SMILES string of the molecule is CC(CN)C(=O)N1CCOc2c(O)cc(-c3cccc(Cl)c3)cc2C1. The highest BCUT2D eigenvalue weighted by molar-refractivity contribution is 6.30. The zero-order valence-electron chi connectivity index (χ0n) is 14.0. The van der Waals surface area contributed by atoms with Gasteiger partial charge in [0.05, 0.1) is 6.54 Å². The van der Waals surface area contributed by atoms with Gasteiger partial charge in [-0.3, -0.25) is 4.79 Å². The third kappa shape index (κ3) is 3.72. The molecule has 2 aromatic carbocycles. The third-order valence-electron chi connectivity index (χ3n) is 4.36. The molecule has 3 N–H and O–H groups in total.